The Morgan fingerprint density at radius 1 is 1.10 bits per heavy atom. The quantitative estimate of drug-likeness (QED) is 0.800. The molecule has 5 rings (SSSR count). The summed E-state index contributed by atoms with van der Waals surface area (Å²) in [5.74, 6) is 0.545. The molecule has 1 N–H and O–H groups in total. The zero-order valence-electron chi connectivity index (χ0n) is 17.5. The Morgan fingerprint density at radius 2 is 1.83 bits per heavy atom. The average Bonchev–Trinajstić information content (AvgIpc) is 3.59. The Bertz CT molecular complexity index is 898. The Hall–Kier alpha value is -2.37. The predicted molar refractivity (Wildman–Crippen MR) is 116 cm³/mol. The van der Waals surface area contributed by atoms with E-state index in [-0.39, 0.29) is 42.4 Å². The van der Waals surface area contributed by atoms with E-state index in [4.69, 9.17) is 4.74 Å². The molecular formula is C25H30N2O3. The first-order valence-electron chi connectivity index (χ1n) is 11.1. The van der Waals surface area contributed by atoms with Crippen LogP contribution in [0.25, 0.3) is 0 Å². The van der Waals surface area contributed by atoms with Crippen LogP contribution in [0.2, 0.25) is 0 Å². The van der Waals surface area contributed by atoms with E-state index in [1.54, 1.807) is 7.11 Å². The second kappa shape index (κ2) is 8.05. The largest absolute Gasteiger partial charge is 0.396 e. The van der Waals surface area contributed by atoms with Crippen LogP contribution in [0.1, 0.15) is 35.9 Å². The number of benzene rings is 2. The summed E-state index contributed by atoms with van der Waals surface area (Å²) in [4.78, 5) is 18.0. The predicted octanol–water partition coefficient (Wildman–Crippen LogP) is 3.21. The van der Waals surface area contributed by atoms with Crippen molar-refractivity contribution in [2.24, 2.45) is 11.8 Å². The summed E-state index contributed by atoms with van der Waals surface area (Å²) in [5.41, 5.74) is 3.58. The number of hydrogen-bond donors (Lipinski definition) is 1. The molecule has 2 aliphatic heterocycles. The van der Waals surface area contributed by atoms with Gasteiger partial charge < -0.3 is 19.6 Å². The molecule has 1 aliphatic carbocycles. The van der Waals surface area contributed by atoms with Gasteiger partial charge in [-0.1, -0.05) is 48.5 Å². The molecule has 4 atom stereocenters. The fourth-order valence-corrected chi connectivity index (χ4v) is 5.61. The second-order valence-corrected chi connectivity index (χ2v) is 8.81. The van der Waals surface area contributed by atoms with Crippen LogP contribution in [0.4, 0.5) is 5.69 Å². The van der Waals surface area contributed by atoms with Gasteiger partial charge in [0.25, 0.3) is 0 Å². The molecule has 0 spiro atoms. The lowest BCUT2D eigenvalue weighted by Crippen LogP contribution is -2.50. The molecule has 1 amide bonds. The molecule has 2 fully saturated rings. The number of nitrogens with zero attached hydrogens (tertiary/aromatic N) is 2. The summed E-state index contributed by atoms with van der Waals surface area (Å²) in [5, 5.41) is 10.6. The highest BCUT2D eigenvalue weighted by atomic mass is 16.5. The van der Waals surface area contributed by atoms with E-state index in [2.05, 4.69) is 46.2 Å². The Morgan fingerprint density at radius 3 is 2.53 bits per heavy atom. The number of carbonyl (C=O) groups is 1. The van der Waals surface area contributed by atoms with Gasteiger partial charge in [0.1, 0.15) is 0 Å². The van der Waals surface area contributed by atoms with Gasteiger partial charge in [-0.3, -0.25) is 4.79 Å². The summed E-state index contributed by atoms with van der Waals surface area (Å²) < 4.78 is 5.36. The van der Waals surface area contributed by atoms with Crippen LogP contribution in [-0.2, 0) is 9.53 Å². The van der Waals surface area contributed by atoms with E-state index >= 15 is 0 Å². The van der Waals surface area contributed by atoms with Gasteiger partial charge >= 0.3 is 0 Å². The minimum absolute atomic E-state index is 0.00850. The van der Waals surface area contributed by atoms with Crippen molar-refractivity contribution in [3.63, 3.8) is 0 Å². The van der Waals surface area contributed by atoms with Crippen LogP contribution >= 0.6 is 0 Å². The van der Waals surface area contributed by atoms with Gasteiger partial charge in [0.15, 0.2) is 0 Å². The standard InChI is InChI=1S/C25H30N2O3/c1-30-14-13-26-15-22-23(19-9-5-6-10-21(19)26)20(16-28)24(17-7-3-2-4-8-17)27(22)25(29)18-11-12-18/h2-10,18,20,22-24,28H,11-16H2,1H3/t20-,22-,23-,24-/m1/s1. The van der Waals surface area contributed by atoms with Crippen LogP contribution in [0, 0.1) is 11.8 Å². The fraction of sp³-hybridized carbons (Fsp3) is 0.480. The molecule has 5 nitrogen and oxygen atoms in total. The second-order valence-electron chi connectivity index (χ2n) is 8.81. The van der Waals surface area contributed by atoms with E-state index < -0.39 is 0 Å². The average molecular weight is 407 g/mol. The molecule has 158 valence electrons. The molecule has 2 aromatic carbocycles. The summed E-state index contributed by atoms with van der Waals surface area (Å²) in [6, 6.07) is 18.8. The van der Waals surface area contributed by atoms with E-state index in [9.17, 15) is 9.90 Å². The topological polar surface area (TPSA) is 53.0 Å². The molecule has 3 aliphatic rings. The molecule has 1 saturated heterocycles. The van der Waals surface area contributed by atoms with E-state index in [1.807, 2.05) is 18.2 Å². The number of aliphatic hydroxyl groups excluding tert-OH is 1. The van der Waals surface area contributed by atoms with Crippen molar-refractivity contribution in [3.8, 4) is 0 Å². The lowest BCUT2D eigenvalue weighted by atomic mass is 9.78. The normalized spacial score (nSPS) is 27.7. The third kappa shape index (κ3) is 3.21. The number of likely N-dealkylation sites (tertiary alicyclic amines) is 1. The zero-order valence-corrected chi connectivity index (χ0v) is 17.5. The first-order valence-corrected chi connectivity index (χ1v) is 11.1. The van der Waals surface area contributed by atoms with Gasteiger partial charge in [-0.05, 0) is 30.0 Å². The van der Waals surface area contributed by atoms with Gasteiger partial charge in [-0.25, -0.2) is 0 Å². The summed E-state index contributed by atoms with van der Waals surface area (Å²) in [6.45, 7) is 2.29. The number of rotatable bonds is 6. The molecule has 1 saturated carbocycles. The number of anilines is 1. The van der Waals surface area contributed by atoms with Gasteiger partial charge in [0.2, 0.25) is 5.91 Å². The maximum atomic E-state index is 13.5. The van der Waals surface area contributed by atoms with Crippen molar-refractivity contribution >= 4 is 11.6 Å². The molecule has 0 unspecified atom stereocenters. The van der Waals surface area contributed by atoms with E-state index in [0.717, 1.165) is 31.5 Å². The fourth-order valence-electron chi connectivity index (χ4n) is 5.61. The highest BCUT2D eigenvalue weighted by molar-refractivity contribution is 5.83. The third-order valence-electron chi connectivity index (χ3n) is 7.08. The van der Waals surface area contributed by atoms with E-state index in [1.165, 1.54) is 11.3 Å². The monoisotopic (exact) mass is 406 g/mol. The number of methoxy groups -OCH3 is 1. The van der Waals surface area contributed by atoms with Crippen molar-refractivity contribution in [2.75, 3.05) is 38.3 Å². The van der Waals surface area contributed by atoms with Crippen molar-refractivity contribution in [3.05, 3.63) is 65.7 Å². The van der Waals surface area contributed by atoms with Gasteiger partial charge in [0, 0.05) is 50.2 Å². The maximum Gasteiger partial charge on any atom is 0.226 e. The molecule has 2 aromatic rings. The molecule has 0 aromatic heterocycles. The molecule has 0 radical (unpaired) electrons. The minimum Gasteiger partial charge on any atom is -0.396 e. The van der Waals surface area contributed by atoms with Crippen LogP contribution in [0.5, 0.6) is 0 Å². The molecule has 2 heterocycles. The Balaban J connectivity index is 1.62. The smallest absolute Gasteiger partial charge is 0.226 e. The highest BCUT2D eigenvalue weighted by Crippen LogP contribution is 2.55. The molecular weight excluding hydrogens is 376 g/mol. The summed E-state index contributed by atoms with van der Waals surface area (Å²) in [6.07, 6.45) is 1.98. The highest BCUT2D eigenvalue weighted by Gasteiger charge is 2.55. The first-order chi connectivity index (χ1) is 14.7. The van der Waals surface area contributed by atoms with Crippen molar-refractivity contribution in [2.45, 2.75) is 30.8 Å². The number of ether oxygens (including phenoxy) is 1. The van der Waals surface area contributed by atoms with Crippen molar-refractivity contribution < 1.29 is 14.6 Å². The van der Waals surface area contributed by atoms with Gasteiger partial charge in [-0.2, -0.15) is 0 Å². The summed E-state index contributed by atoms with van der Waals surface area (Å²) >= 11 is 0. The minimum atomic E-state index is -0.0882. The zero-order chi connectivity index (χ0) is 20.7. The number of carbonyl (C=O) groups excluding carboxylic acids is 1. The molecule has 0 bridgehead atoms. The van der Waals surface area contributed by atoms with Crippen LogP contribution in [-0.4, -0.2) is 55.4 Å². The third-order valence-corrected chi connectivity index (χ3v) is 7.08. The number of aliphatic hydroxyl groups is 1. The van der Waals surface area contributed by atoms with Crippen LogP contribution in [0.3, 0.4) is 0 Å². The van der Waals surface area contributed by atoms with Gasteiger partial charge in [-0.15, -0.1) is 0 Å². The number of hydrogen-bond acceptors (Lipinski definition) is 4. The van der Waals surface area contributed by atoms with Crippen molar-refractivity contribution in [1.29, 1.82) is 0 Å². The SMILES string of the molecule is COCCN1C[C@@H]2[C@H](c3ccccc31)[C@@H](CO)[C@@H](c1ccccc1)N2C(=O)C1CC1. The van der Waals surface area contributed by atoms with Crippen LogP contribution < -0.4 is 4.90 Å². The summed E-state index contributed by atoms with van der Waals surface area (Å²) in [7, 11) is 1.73. The molecule has 30 heavy (non-hydrogen) atoms. The maximum absolute atomic E-state index is 13.5. The van der Waals surface area contributed by atoms with E-state index in [0.29, 0.717) is 6.61 Å². The van der Waals surface area contributed by atoms with Gasteiger partial charge in [0.05, 0.1) is 18.7 Å². The number of amides is 1. The molecule has 5 heteroatoms. The number of fused-ring (bicyclic) bond motifs is 3. The Kier molecular flexibility index (Phi) is 5.25. The first kappa shape index (κ1) is 19.6. The van der Waals surface area contributed by atoms with Crippen molar-refractivity contribution in [1.82, 2.24) is 4.90 Å². The Labute approximate surface area is 178 Å². The lowest BCUT2D eigenvalue weighted by molar-refractivity contribution is -0.136. The number of para-hydroxylation sites is 1. The lowest BCUT2D eigenvalue weighted by Gasteiger charge is -2.42. The van der Waals surface area contributed by atoms with Crippen LogP contribution in [0.15, 0.2) is 54.6 Å².